The van der Waals surface area contributed by atoms with Crippen LogP contribution >= 0.6 is 0 Å². The summed E-state index contributed by atoms with van der Waals surface area (Å²) in [5.74, 6) is -0.285. The zero-order valence-corrected chi connectivity index (χ0v) is 16.8. The van der Waals surface area contributed by atoms with Crippen molar-refractivity contribution < 1.29 is 9.18 Å². The molecule has 2 aliphatic rings. The molecule has 0 saturated carbocycles. The number of hydrogen-bond donors (Lipinski definition) is 1. The number of nitrogens with one attached hydrogen (secondary N) is 1. The summed E-state index contributed by atoms with van der Waals surface area (Å²) in [5.41, 5.74) is 1.33. The largest absolute Gasteiger partial charge is 0.337 e. The minimum Gasteiger partial charge on any atom is -0.337 e. The van der Waals surface area contributed by atoms with Gasteiger partial charge in [0.25, 0.3) is 11.5 Å². The molecule has 1 amide bonds. The maximum Gasteiger partial charge on any atom is 0.272 e. The molecule has 2 saturated heterocycles. The number of H-pyrrole nitrogens is 1. The Kier molecular flexibility index (Phi) is 4.62. The number of likely N-dealkylation sites (N-methyl/N-ethyl adjacent to an activating group) is 1. The van der Waals surface area contributed by atoms with Crippen molar-refractivity contribution in [2.75, 3.05) is 26.7 Å². The van der Waals surface area contributed by atoms with E-state index < -0.39 is 5.82 Å². The molecule has 1 aromatic heterocycles. The third kappa shape index (κ3) is 3.19. The van der Waals surface area contributed by atoms with Gasteiger partial charge in [-0.2, -0.15) is 5.10 Å². The van der Waals surface area contributed by atoms with E-state index in [-0.39, 0.29) is 17.0 Å². The van der Waals surface area contributed by atoms with Gasteiger partial charge in [0.1, 0.15) is 5.82 Å². The van der Waals surface area contributed by atoms with E-state index in [2.05, 4.69) is 22.1 Å². The average molecular weight is 406 g/mol. The van der Waals surface area contributed by atoms with Gasteiger partial charge in [0, 0.05) is 30.9 Å². The summed E-state index contributed by atoms with van der Waals surface area (Å²) in [6, 6.07) is 12.3. The number of likely N-dealkylation sites (tertiary alicyclic amines) is 2. The molecule has 2 aliphatic heterocycles. The summed E-state index contributed by atoms with van der Waals surface area (Å²) in [7, 11) is 2.08. The van der Waals surface area contributed by atoms with Gasteiger partial charge in [0.15, 0.2) is 0 Å². The molecule has 0 spiro atoms. The van der Waals surface area contributed by atoms with Crippen LogP contribution in [-0.4, -0.2) is 58.6 Å². The van der Waals surface area contributed by atoms with Crippen LogP contribution in [0.4, 0.5) is 4.39 Å². The molecule has 2 atom stereocenters. The predicted octanol–water partition coefficient (Wildman–Crippen LogP) is 2.43. The van der Waals surface area contributed by atoms with Crippen LogP contribution in [-0.2, 0) is 6.42 Å². The van der Waals surface area contributed by atoms with Crippen LogP contribution in [0.1, 0.15) is 28.0 Å². The minimum atomic E-state index is -0.506. The van der Waals surface area contributed by atoms with Crippen molar-refractivity contribution in [3.63, 3.8) is 0 Å². The van der Waals surface area contributed by atoms with E-state index >= 15 is 0 Å². The molecule has 154 valence electrons. The number of halogens is 1. The second-order valence-corrected chi connectivity index (χ2v) is 8.34. The lowest BCUT2D eigenvalue weighted by Gasteiger charge is -2.21. The lowest BCUT2D eigenvalue weighted by molar-refractivity contribution is 0.0770. The molecule has 1 N–H and O–H groups in total. The number of nitrogens with zero attached hydrogens (tertiary/aromatic N) is 3. The van der Waals surface area contributed by atoms with Crippen LogP contribution in [0.25, 0.3) is 10.8 Å². The minimum absolute atomic E-state index is 0.101. The second kappa shape index (κ2) is 7.32. The van der Waals surface area contributed by atoms with Crippen molar-refractivity contribution in [1.82, 2.24) is 20.0 Å². The van der Waals surface area contributed by atoms with E-state index in [1.165, 1.54) is 6.07 Å². The van der Waals surface area contributed by atoms with Gasteiger partial charge < -0.3 is 9.80 Å². The number of fused-ring (bicyclic) bond motifs is 2. The van der Waals surface area contributed by atoms with Gasteiger partial charge in [0.05, 0.1) is 16.6 Å². The molecule has 0 radical (unpaired) electrons. The number of carbonyl (C=O) groups excluding carboxylic acids is 1. The van der Waals surface area contributed by atoms with Crippen molar-refractivity contribution in [3.8, 4) is 0 Å². The van der Waals surface area contributed by atoms with Gasteiger partial charge in [-0.05, 0) is 49.7 Å². The topological polar surface area (TPSA) is 69.3 Å². The zero-order valence-electron chi connectivity index (χ0n) is 16.8. The van der Waals surface area contributed by atoms with E-state index in [1.807, 2.05) is 12.1 Å². The highest BCUT2D eigenvalue weighted by Gasteiger charge is 2.41. The molecule has 7 heteroatoms. The van der Waals surface area contributed by atoms with E-state index in [9.17, 15) is 14.0 Å². The smallest absolute Gasteiger partial charge is 0.272 e. The molecule has 3 aromatic rings. The Bertz CT molecular complexity index is 1190. The van der Waals surface area contributed by atoms with Gasteiger partial charge in [0.2, 0.25) is 0 Å². The van der Waals surface area contributed by atoms with Crippen molar-refractivity contribution >= 4 is 16.7 Å². The molecule has 2 unspecified atom stereocenters. The zero-order chi connectivity index (χ0) is 20.8. The van der Waals surface area contributed by atoms with Gasteiger partial charge in [-0.25, -0.2) is 9.49 Å². The van der Waals surface area contributed by atoms with Crippen LogP contribution < -0.4 is 5.56 Å². The Morgan fingerprint density at radius 1 is 1.20 bits per heavy atom. The van der Waals surface area contributed by atoms with Gasteiger partial charge in [-0.1, -0.05) is 24.3 Å². The van der Waals surface area contributed by atoms with Crippen LogP contribution in [0.2, 0.25) is 0 Å². The molecule has 30 heavy (non-hydrogen) atoms. The van der Waals surface area contributed by atoms with Crippen molar-refractivity contribution in [2.45, 2.75) is 18.9 Å². The lowest BCUT2D eigenvalue weighted by Crippen LogP contribution is -2.35. The fourth-order valence-electron chi connectivity index (χ4n) is 4.85. The first-order valence-corrected chi connectivity index (χ1v) is 10.3. The quantitative estimate of drug-likeness (QED) is 0.725. The monoisotopic (exact) mass is 406 g/mol. The van der Waals surface area contributed by atoms with E-state index in [1.54, 1.807) is 29.2 Å². The van der Waals surface area contributed by atoms with E-state index in [0.717, 1.165) is 23.9 Å². The number of aromatic amines is 1. The normalized spacial score (nSPS) is 21.3. The molecule has 2 aromatic carbocycles. The van der Waals surface area contributed by atoms with Crippen molar-refractivity contribution in [1.29, 1.82) is 0 Å². The number of amides is 1. The number of rotatable bonds is 3. The number of aromatic nitrogens is 2. The Labute approximate surface area is 173 Å². The van der Waals surface area contributed by atoms with Crippen LogP contribution in [0, 0.1) is 11.7 Å². The summed E-state index contributed by atoms with van der Waals surface area (Å²) in [6.07, 6.45) is 1.48. The Morgan fingerprint density at radius 2 is 2.00 bits per heavy atom. The Balaban J connectivity index is 1.43. The first-order chi connectivity index (χ1) is 14.5. The third-order valence-corrected chi connectivity index (χ3v) is 6.52. The summed E-state index contributed by atoms with van der Waals surface area (Å²) in [6.45, 7) is 2.39. The standard InChI is InChI=1S/C23H23FN4O2/c1-27-9-8-15-12-28(13-21(15)27)23(30)18-10-14(6-7-19(18)24)11-20-16-4-2-3-5-17(16)22(29)26-25-20/h2-7,10,15,21H,8-9,11-13H2,1H3,(H,26,29). The molecule has 0 aliphatic carbocycles. The maximum absolute atomic E-state index is 14.6. The predicted molar refractivity (Wildman–Crippen MR) is 112 cm³/mol. The van der Waals surface area contributed by atoms with E-state index in [4.69, 9.17) is 0 Å². The lowest BCUT2D eigenvalue weighted by atomic mass is 10.0. The molecule has 0 bridgehead atoms. The summed E-state index contributed by atoms with van der Waals surface area (Å²) in [5, 5.41) is 8.04. The number of benzene rings is 2. The highest BCUT2D eigenvalue weighted by molar-refractivity contribution is 5.95. The number of carbonyl (C=O) groups is 1. The summed E-state index contributed by atoms with van der Waals surface area (Å²) >= 11 is 0. The fourth-order valence-corrected chi connectivity index (χ4v) is 4.85. The van der Waals surface area contributed by atoms with Crippen LogP contribution in [0.5, 0.6) is 0 Å². The van der Waals surface area contributed by atoms with Crippen LogP contribution in [0.15, 0.2) is 47.3 Å². The van der Waals surface area contributed by atoms with Gasteiger partial charge in [-0.3, -0.25) is 9.59 Å². The molecular weight excluding hydrogens is 383 g/mol. The first-order valence-electron chi connectivity index (χ1n) is 10.3. The fraction of sp³-hybridized carbons (Fsp3) is 0.348. The Morgan fingerprint density at radius 3 is 2.80 bits per heavy atom. The van der Waals surface area contributed by atoms with Gasteiger partial charge >= 0.3 is 0 Å². The molecule has 5 rings (SSSR count). The third-order valence-electron chi connectivity index (χ3n) is 6.52. The Hall–Kier alpha value is -3.06. The second-order valence-electron chi connectivity index (χ2n) is 8.34. The van der Waals surface area contributed by atoms with Crippen molar-refractivity contribution in [2.24, 2.45) is 5.92 Å². The highest BCUT2D eigenvalue weighted by Crippen LogP contribution is 2.31. The molecule has 2 fully saturated rings. The average Bonchev–Trinajstić information content (AvgIpc) is 3.33. The SMILES string of the molecule is CN1CCC2CN(C(=O)c3cc(Cc4n[nH]c(=O)c5ccccc45)ccc3F)CC21. The van der Waals surface area contributed by atoms with E-state index in [0.29, 0.717) is 42.6 Å². The highest BCUT2D eigenvalue weighted by atomic mass is 19.1. The van der Waals surface area contributed by atoms with Crippen molar-refractivity contribution in [3.05, 3.63) is 75.5 Å². The molecule has 6 nitrogen and oxygen atoms in total. The van der Waals surface area contributed by atoms with Gasteiger partial charge in [-0.15, -0.1) is 0 Å². The molecular formula is C23H23FN4O2. The maximum atomic E-state index is 14.6. The summed E-state index contributed by atoms with van der Waals surface area (Å²) in [4.78, 5) is 29.1. The number of hydrogen-bond acceptors (Lipinski definition) is 4. The van der Waals surface area contributed by atoms with Crippen LogP contribution in [0.3, 0.4) is 0 Å². The first kappa shape index (κ1) is 18.9. The summed E-state index contributed by atoms with van der Waals surface area (Å²) < 4.78 is 14.6. The molecule has 3 heterocycles.